The van der Waals surface area contributed by atoms with Gasteiger partial charge in [0.25, 0.3) is 6.43 Å². The smallest absolute Gasteiger partial charge is 0.255 e. The maximum atomic E-state index is 12.2. The highest BCUT2D eigenvalue weighted by molar-refractivity contribution is 5.59. The summed E-state index contributed by atoms with van der Waals surface area (Å²) in [5.74, 6) is 0. The Hall–Kier alpha value is -1.63. The average molecular weight is 168 g/mol. The first-order valence-electron chi connectivity index (χ1n) is 3.20. The predicted molar refractivity (Wildman–Crippen MR) is 42.1 cm³/mol. The Balaban J connectivity index is 3.24. The van der Waals surface area contributed by atoms with E-state index in [1.165, 1.54) is 12.1 Å². The molecule has 0 aliphatic rings. The van der Waals surface area contributed by atoms with Crippen LogP contribution in [0.5, 0.6) is 0 Å². The Morgan fingerprint density at radius 3 is 2.58 bits per heavy atom. The second-order valence-corrected chi connectivity index (χ2v) is 2.23. The summed E-state index contributed by atoms with van der Waals surface area (Å²) in [7, 11) is 0. The van der Waals surface area contributed by atoms with Crippen LogP contribution in [0, 0.1) is 6.57 Å². The van der Waals surface area contributed by atoms with Crippen LogP contribution in [0.4, 0.5) is 20.2 Å². The Labute approximate surface area is 68.4 Å². The van der Waals surface area contributed by atoms with Crippen LogP contribution in [0.1, 0.15) is 12.0 Å². The highest BCUT2D eigenvalue weighted by atomic mass is 19.3. The van der Waals surface area contributed by atoms with E-state index in [2.05, 4.69) is 4.85 Å². The summed E-state index contributed by atoms with van der Waals surface area (Å²) in [5.41, 5.74) is 5.19. The normalized spacial score (nSPS) is 9.83. The molecule has 0 saturated carbocycles. The van der Waals surface area contributed by atoms with Crippen molar-refractivity contribution in [3.63, 3.8) is 0 Å². The molecule has 0 amide bonds. The zero-order valence-electron chi connectivity index (χ0n) is 6.09. The molecule has 0 aromatic heterocycles. The van der Waals surface area contributed by atoms with E-state index < -0.39 is 6.43 Å². The molecule has 0 heterocycles. The van der Waals surface area contributed by atoms with Gasteiger partial charge in [-0.05, 0) is 12.1 Å². The summed E-state index contributed by atoms with van der Waals surface area (Å²) in [6.45, 7) is 6.60. The van der Waals surface area contributed by atoms with Gasteiger partial charge in [0.15, 0.2) is 5.69 Å². The zero-order valence-corrected chi connectivity index (χ0v) is 6.09. The van der Waals surface area contributed by atoms with E-state index in [4.69, 9.17) is 12.3 Å². The van der Waals surface area contributed by atoms with Crippen LogP contribution in [0.25, 0.3) is 4.85 Å². The molecule has 1 rings (SSSR count). The molecule has 62 valence electrons. The molecule has 2 nitrogen and oxygen atoms in total. The van der Waals surface area contributed by atoms with Gasteiger partial charge in [-0.1, -0.05) is 6.07 Å². The van der Waals surface area contributed by atoms with Crippen LogP contribution in [-0.4, -0.2) is 0 Å². The third kappa shape index (κ3) is 1.51. The number of nitrogen functional groups attached to an aromatic ring is 1. The molecule has 1 aromatic rings. The number of anilines is 1. The molecule has 4 heteroatoms. The topological polar surface area (TPSA) is 30.4 Å². The lowest BCUT2D eigenvalue weighted by atomic mass is 10.1. The number of nitrogens with two attached hydrogens (primary N) is 1. The van der Waals surface area contributed by atoms with Crippen molar-refractivity contribution in [2.75, 3.05) is 5.73 Å². The van der Waals surface area contributed by atoms with Crippen LogP contribution in [-0.2, 0) is 0 Å². The van der Waals surface area contributed by atoms with Crippen molar-refractivity contribution in [3.8, 4) is 0 Å². The van der Waals surface area contributed by atoms with Crippen LogP contribution >= 0.6 is 0 Å². The summed E-state index contributed by atoms with van der Waals surface area (Å²) < 4.78 is 24.4. The minimum atomic E-state index is -2.64. The molecule has 0 spiro atoms. The highest BCUT2D eigenvalue weighted by Crippen LogP contribution is 2.30. The van der Waals surface area contributed by atoms with E-state index in [0.717, 1.165) is 6.07 Å². The zero-order chi connectivity index (χ0) is 9.14. The number of hydrogen-bond acceptors (Lipinski definition) is 1. The van der Waals surface area contributed by atoms with Crippen molar-refractivity contribution in [1.29, 1.82) is 0 Å². The van der Waals surface area contributed by atoms with Gasteiger partial charge in [0.2, 0.25) is 0 Å². The summed E-state index contributed by atoms with van der Waals surface area (Å²) in [6.07, 6.45) is -2.64. The molecule has 0 aliphatic heterocycles. The fourth-order valence-corrected chi connectivity index (χ4v) is 0.850. The molecule has 0 unspecified atom stereocenters. The number of benzene rings is 1. The molecule has 0 saturated heterocycles. The molecule has 0 atom stereocenters. The Morgan fingerprint density at radius 1 is 1.42 bits per heavy atom. The van der Waals surface area contributed by atoms with Crippen LogP contribution in [0.15, 0.2) is 18.2 Å². The molecule has 0 aliphatic carbocycles. The molecule has 0 bridgehead atoms. The van der Waals surface area contributed by atoms with E-state index >= 15 is 0 Å². The predicted octanol–water partition coefficient (Wildman–Crippen LogP) is 2.76. The lowest BCUT2D eigenvalue weighted by Crippen LogP contribution is -1.89. The van der Waals surface area contributed by atoms with Gasteiger partial charge < -0.3 is 5.73 Å². The monoisotopic (exact) mass is 168 g/mol. The van der Waals surface area contributed by atoms with Crippen LogP contribution in [0.2, 0.25) is 0 Å². The van der Waals surface area contributed by atoms with E-state index in [1.807, 2.05) is 0 Å². The first-order chi connectivity index (χ1) is 5.65. The van der Waals surface area contributed by atoms with Crippen molar-refractivity contribution in [1.82, 2.24) is 0 Å². The SMILES string of the molecule is [C-]#[N+]c1ccc(N)cc1C(F)F. The van der Waals surface area contributed by atoms with Crippen molar-refractivity contribution in [2.24, 2.45) is 0 Å². The third-order valence-electron chi connectivity index (χ3n) is 1.41. The fraction of sp³-hybridized carbons (Fsp3) is 0.125. The van der Waals surface area contributed by atoms with Gasteiger partial charge in [0, 0.05) is 11.3 Å². The lowest BCUT2D eigenvalue weighted by molar-refractivity contribution is 0.152. The second-order valence-electron chi connectivity index (χ2n) is 2.23. The second kappa shape index (κ2) is 3.18. The molecular formula is C8H6F2N2. The van der Waals surface area contributed by atoms with Gasteiger partial charge in [-0.15, -0.1) is 0 Å². The highest BCUT2D eigenvalue weighted by Gasteiger charge is 2.12. The minimum Gasteiger partial charge on any atom is -0.399 e. The Morgan fingerprint density at radius 2 is 2.08 bits per heavy atom. The van der Waals surface area contributed by atoms with E-state index in [9.17, 15) is 8.78 Å². The average Bonchev–Trinajstić information content (AvgIpc) is 2.04. The van der Waals surface area contributed by atoms with Crippen molar-refractivity contribution in [3.05, 3.63) is 35.2 Å². The van der Waals surface area contributed by atoms with Crippen LogP contribution < -0.4 is 5.73 Å². The Bertz CT molecular complexity index is 328. The first kappa shape index (κ1) is 8.47. The standard InChI is InChI=1S/C8H6F2N2/c1-12-7-3-2-5(11)4-6(7)8(9)10/h2-4,8H,11H2. The van der Waals surface area contributed by atoms with Crippen molar-refractivity contribution >= 4 is 11.4 Å². The molecule has 0 fully saturated rings. The van der Waals surface area contributed by atoms with Crippen molar-refractivity contribution in [2.45, 2.75) is 6.43 Å². The van der Waals surface area contributed by atoms with Gasteiger partial charge in [-0.2, -0.15) is 0 Å². The van der Waals surface area contributed by atoms with E-state index in [1.54, 1.807) is 0 Å². The Kier molecular flexibility index (Phi) is 2.24. The summed E-state index contributed by atoms with van der Waals surface area (Å²) in [4.78, 5) is 2.95. The maximum Gasteiger partial charge on any atom is 0.255 e. The van der Waals surface area contributed by atoms with Gasteiger partial charge >= 0.3 is 0 Å². The molecule has 12 heavy (non-hydrogen) atoms. The number of halogens is 2. The molecule has 0 radical (unpaired) electrons. The summed E-state index contributed by atoms with van der Waals surface area (Å²) in [6, 6.07) is 3.85. The van der Waals surface area contributed by atoms with Crippen LogP contribution in [0.3, 0.4) is 0 Å². The molecule has 2 N–H and O–H groups in total. The van der Waals surface area contributed by atoms with Gasteiger partial charge in [0.05, 0.1) is 6.57 Å². The van der Waals surface area contributed by atoms with Gasteiger partial charge in [-0.25, -0.2) is 13.6 Å². The third-order valence-corrected chi connectivity index (χ3v) is 1.41. The summed E-state index contributed by atoms with van der Waals surface area (Å²) >= 11 is 0. The van der Waals surface area contributed by atoms with Gasteiger partial charge in [0.1, 0.15) is 0 Å². The minimum absolute atomic E-state index is 0.0424. The van der Waals surface area contributed by atoms with E-state index in [0.29, 0.717) is 0 Å². The fourth-order valence-electron chi connectivity index (χ4n) is 0.850. The largest absolute Gasteiger partial charge is 0.399 e. The lowest BCUT2D eigenvalue weighted by Gasteiger charge is -2.02. The van der Waals surface area contributed by atoms with Crippen molar-refractivity contribution < 1.29 is 8.78 Å². The van der Waals surface area contributed by atoms with Gasteiger partial charge in [-0.3, -0.25) is 0 Å². The summed E-state index contributed by atoms with van der Waals surface area (Å²) in [5, 5.41) is 0. The van der Waals surface area contributed by atoms with E-state index in [-0.39, 0.29) is 16.9 Å². The molecular weight excluding hydrogens is 162 g/mol. The number of nitrogens with zero attached hydrogens (tertiary/aromatic N) is 1. The first-order valence-corrected chi connectivity index (χ1v) is 3.20. The number of alkyl halides is 2. The quantitative estimate of drug-likeness (QED) is 0.507. The number of rotatable bonds is 1. The maximum absolute atomic E-state index is 12.2. The number of hydrogen-bond donors (Lipinski definition) is 1. The molecule has 1 aromatic carbocycles.